The minimum Gasteiger partial charge on any atom is -0.507 e. The molecule has 1 aliphatic heterocycles. The van der Waals surface area contributed by atoms with Gasteiger partial charge in [-0.05, 0) is 73.0 Å². The first kappa shape index (κ1) is 28.1. The van der Waals surface area contributed by atoms with Crippen LogP contribution in [0.3, 0.4) is 0 Å². The molecular formula is C33H38N2O4. The molecule has 6 nitrogen and oxygen atoms in total. The summed E-state index contributed by atoms with van der Waals surface area (Å²) in [5.74, 6) is -0.752. The van der Waals surface area contributed by atoms with E-state index in [0.717, 1.165) is 36.2 Å². The number of nitrogens with zero attached hydrogens (tertiary/aromatic N) is 2. The predicted octanol–water partition coefficient (Wildman–Crippen LogP) is 5.90. The number of benzene rings is 3. The van der Waals surface area contributed by atoms with Gasteiger partial charge in [0.25, 0.3) is 11.7 Å². The first-order chi connectivity index (χ1) is 18.9. The van der Waals surface area contributed by atoms with Crippen LogP contribution in [-0.2, 0) is 22.6 Å². The summed E-state index contributed by atoms with van der Waals surface area (Å²) >= 11 is 0. The van der Waals surface area contributed by atoms with Gasteiger partial charge in [0.15, 0.2) is 0 Å². The lowest BCUT2D eigenvalue weighted by Crippen LogP contribution is -2.38. The van der Waals surface area contributed by atoms with Crippen LogP contribution in [0, 0.1) is 6.92 Å². The molecule has 3 aromatic carbocycles. The van der Waals surface area contributed by atoms with Crippen molar-refractivity contribution in [3.63, 3.8) is 0 Å². The largest absolute Gasteiger partial charge is 0.507 e. The number of aliphatic hydroxyl groups is 1. The average Bonchev–Trinajstić information content (AvgIpc) is 3.22. The molecular weight excluding hydrogens is 488 g/mol. The van der Waals surface area contributed by atoms with Gasteiger partial charge in [0, 0.05) is 18.7 Å². The second kappa shape index (κ2) is 12.8. The van der Waals surface area contributed by atoms with Gasteiger partial charge in [0.05, 0.1) is 11.6 Å². The van der Waals surface area contributed by atoms with Gasteiger partial charge in [-0.15, -0.1) is 0 Å². The summed E-state index contributed by atoms with van der Waals surface area (Å²) in [5.41, 5.74) is 4.83. The number of carbonyl (C=O) groups is 2. The summed E-state index contributed by atoms with van der Waals surface area (Å²) in [7, 11) is 0. The number of aliphatic hydroxyl groups excluding tert-OH is 1. The fourth-order valence-corrected chi connectivity index (χ4v) is 4.98. The van der Waals surface area contributed by atoms with Gasteiger partial charge in [-0.3, -0.25) is 9.59 Å². The first-order valence-electron chi connectivity index (χ1n) is 13.7. The predicted molar refractivity (Wildman–Crippen MR) is 155 cm³/mol. The van der Waals surface area contributed by atoms with Gasteiger partial charge in [-0.2, -0.15) is 0 Å². The number of ether oxygens (including phenoxy) is 1. The Bertz CT molecular complexity index is 1320. The molecule has 1 N–H and O–H groups in total. The van der Waals surface area contributed by atoms with E-state index in [9.17, 15) is 14.7 Å². The maximum absolute atomic E-state index is 13.3. The fourth-order valence-electron chi connectivity index (χ4n) is 4.98. The van der Waals surface area contributed by atoms with Crippen molar-refractivity contribution in [2.45, 2.75) is 46.8 Å². The van der Waals surface area contributed by atoms with Crippen LogP contribution < -0.4 is 4.74 Å². The smallest absolute Gasteiger partial charge is 0.295 e. The molecule has 0 radical (unpaired) electrons. The fraction of sp³-hybridized carbons (Fsp3) is 0.333. The van der Waals surface area contributed by atoms with Crippen LogP contribution in [0.5, 0.6) is 5.75 Å². The van der Waals surface area contributed by atoms with E-state index in [2.05, 4.69) is 25.7 Å². The molecule has 4 rings (SSSR count). The van der Waals surface area contributed by atoms with Crippen molar-refractivity contribution in [3.05, 3.63) is 106 Å². The number of rotatable bonds is 11. The molecule has 1 saturated heterocycles. The highest BCUT2D eigenvalue weighted by Gasteiger charge is 2.45. The third-order valence-corrected chi connectivity index (χ3v) is 7.58. The third-order valence-electron chi connectivity index (χ3n) is 7.58. The molecule has 1 amide bonds. The Morgan fingerprint density at radius 3 is 2.21 bits per heavy atom. The SMILES string of the molecule is CCc1ccc(C2C(=C(O)c3ccc(OCc4ccccc4C)cc3)C(=O)C(=O)N2CCN(CC)CC)cc1. The van der Waals surface area contributed by atoms with Gasteiger partial charge in [0.2, 0.25) is 0 Å². The van der Waals surface area contributed by atoms with Gasteiger partial charge >= 0.3 is 0 Å². The molecule has 1 unspecified atom stereocenters. The second-order valence-corrected chi connectivity index (χ2v) is 9.85. The number of likely N-dealkylation sites (N-methyl/N-ethyl adjacent to an activating group) is 1. The number of hydrogen-bond acceptors (Lipinski definition) is 5. The molecule has 1 atom stereocenters. The molecule has 1 heterocycles. The Morgan fingerprint density at radius 2 is 1.59 bits per heavy atom. The van der Waals surface area contributed by atoms with E-state index in [1.54, 1.807) is 29.2 Å². The van der Waals surface area contributed by atoms with Crippen molar-refractivity contribution in [2.75, 3.05) is 26.2 Å². The van der Waals surface area contributed by atoms with E-state index in [4.69, 9.17) is 4.74 Å². The van der Waals surface area contributed by atoms with Crippen molar-refractivity contribution in [1.82, 2.24) is 9.80 Å². The molecule has 0 spiro atoms. The maximum Gasteiger partial charge on any atom is 0.295 e. The lowest BCUT2D eigenvalue weighted by atomic mass is 9.94. The molecule has 0 bridgehead atoms. The summed E-state index contributed by atoms with van der Waals surface area (Å²) in [5, 5.41) is 11.4. The molecule has 0 aromatic heterocycles. The van der Waals surface area contributed by atoms with Crippen LogP contribution in [0.2, 0.25) is 0 Å². The molecule has 0 aliphatic carbocycles. The topological polar surface area (TPSA) is 70.1 Å². The summed E-state index contributed by atoms with van der Waals surface area (Å²) < 4.78 is 5.94. The highest BCUT2D eigenvalue weighted by atomic mass is 16.5. The van der Waals surface area contributed by atoms with E-state index >= 15 is 0 Å². The van der Waals surface area contributed by atoms with Gasteiger partial charge < -0.3 is 19.6 Å². The zero-order chi connectivity index (χ0) is 27.9. The van der Waals surface area contributed by atoms with E-state index < -0.39 is 17.7 Å². The van der Waals surface area contributed by atoms with Crippen molar-refractivity contribution < 1.29 is 19.4 Å². The monoisotopic (exact) mass is 526 g/mol. The van der Waals surface area contributed by atoms with E-state index in [-0.39, 0.29) is 11.3 Å². The maximum atomic E-state index is 13.3. The summed E-state index contributed by atoms with van der Waals surface area (Å²) in [4.78, 5) is 30.4. The first-order valence-corrected chi connectivity index (χ1v) is 13.7. The van der Waals surface area contributed by atoms with E-state index in [0.29, 0.717) is 31.0 Å². The Labute approximate surface area is 231 Å². The minimum absolute atomic E-state index is 0.123. The molecule has 6 heteroatoms. The summed E-state index contributed by atoms with van der Waals surface area (Å²) in [6, 6.07) is 22.3. The zero-order valence-corrected chi connectivity index (χ0v) is 23.3. The number of likely N-dealkylation sites (tertiary alicyclic amines) is 1. The number of carbonyl (C=O) groups excluding carboxylic acids is 2. The number of Topliss-reactive ketones (excluding diaryl/α,β-unsaturated/α-hetero) is 1. The van der Waals surface area contributed by atoms with Crippen LogP contribution in [0.1, 0.15) is 54.6 Å². The standard InChI is InChI=1S/C33H38N2O4/c1-5-24-12-14-25(15-13-24)30-29(32(37)33(38)35(30)21-20-34(6-2)7-3)31(36)26-16-18-28(19-17-26)39-22-27-11-9-8-10-23(27)4/h8-19,30,36H,5-7,20-22H2,1-4H3. The summed E-state index contributed by atoms with van der Waals surface area (Å²) in [6.07, 6.45) is 0.890. The third kappa shape index (κ3) is 6.23. The lowest BCUT2D eigenvalue weighted by Gasteiger charge is -2.28. The van der Waals surface area contributed by atoms with Gasteiger partial charge in [-0.1, -0.05) is 69.3 Å². The molecule has 39 heavy (non-hydrogen) atoms. The lowest BCUT2D eigenvalue weighted by molar-refractivity contribution is -0.140. The Morgan fingerprint density at radius 1 is 0.923 bits per heavy atom. The molecule has 1 aliphatic rings. The number of hydrogen-bond donors (Lipinski definition) is 1. The van der Waals surface area contributed by atoms with Crippen LogP contribution in [0.15, 0.2) is 78.4 Å². The van der Waals surface area contributed by atoms with Crippen molar-refractivity contribution >= 4 is 17.4 Å². The van der Waals surface area contributed by atoms with Crippen LogP contribution in [0.4, 0.5) is 0 Å². The quantitative estimate of drug-likeness (QED) is 0.191. The minimum atomic E-state index is -0.656. The molecule has 3 aromatic rings. The van der Waals surface area contributed by atoms with Crippen LogP contribution in [-0.4, -0.2) is 52.8 Å². The highest BCUT2D eigenvalue weighted by molar-refractivity contribution is 6.46. The zero-order valence-electron chi connectivity index (χ0n) is 23.3. The van der Waals surface area contributed by atoms with Crippen molar-refractivity contribution in [2.24, 2.45) is 0 Å². The second-order valence-electron chi connectivity index (χ2n) is 9.85. The summed E-state index contributed by atoms with van der Waals surface area (Å²) in [6.45, 7) is 11.5. The van der Waals surface area contributed by atoms with E-state index in [1.807, 2.05) is 55.5 Å². The van der Waals surface area contributed by atoms with Gasteiger partial charge in [-0.25, -0.2) is 0 Å². The Balaban J connectivity index is 1.65. The number of aryl methyl sites for hydroxylation is 2. The van der Waals surface area contributed by atoms with Crippen molar-refractivity contribution in [3.8, 4) is 5.75 Å². The number of ketones is 1. The van der Waals surface area contributed by atoms with Gasteiger partial charge in [0.1, 0.15) is 18.1 Å². The Hall–Kier alpha value is -3.90. The molecule has 0 saturated carbocycles. The van der Waals surface area contributed by atoms with Crippen molar-refractivity contribution in [1.29, 1.82) is 0 Å². The molecule has 1 fully saturated rings. The highest BCUT2D eigenvalue weighted by Crippen LogP contribution is 2.39. The average molecular weight is 527 g/mol. The molecule has 204 valence electrons. The Kier molecular flexibility index (Phi) is 9.20. The van der Waals surface area contributed by atoms with Crippen LogP contribution >= 0.6 is 0 Å². The van der Waals surface area contributed by atoms with Crippen LogP contribution in [0.25, 0.3) is 5.76 Å². The van der Waals surface area contributed by atoms with E-state index in [1.165, 1.54) is 5.56 Å². The number of amides is 1. The normalized spacial score (nSPS) is 16.7.